The van der Waals surface area contributed by atoms with Crippen molar-refractivity contribution in [3.05, 3.63) is 40.8 Å². The predicted octanol–water partition coefficient (Wildman–Crippen LogP) is 0.365. The Balaban J connectivity index is 2.19. The molecule has 1 aromatic heterocycles. The van der Waals surface area contributed by atoms with E-state index in [1.165, 1.54) is 6.20 Å². The quantitative estimate of drug-likeness (QED) is 0.711. The minimum atomic E-state index is -0.0920. The number of morpholine rings is 1. The number of para-hydroxylation sites is 2. The highest BCUT2D eigenvalue weighted by molar-refractivity contribution is 5.74. The molecule has 1 fully saturated rings. The monoisotopic (exact) mass is 231 g/mol. The van der Waals surface area contributed by atoms with E-state index in [0.29, 0.717) is 13.2 Å². The zero-order chi connectivity index (χ0) is 11.7. The van der Waals surface area contributed by atoms with Crippen molar-refractivity contribution >= 4 is 11.0 Å². The largest absolute Gasteiger partial charge is 0.378 e. The molecule has 0 radical (unpaired) electrons. The molecular formula is C12H13N3O2. The molecule has 88 valence electrons. The van der Waals surface area contributed by atoms with Crippen LogP contribution in [0.1, 0.15) is 0 Å². The minimum Gasteiger partial charge on any atom is -0.378 e. The summed E-state index contributed by atoms with van der Waals surface area (Å²) in [6.45, 7) is 2.77. The molecule has 5 nitrogen and oxygen atoms in total. The van der Waals surface area contributed by atoms with Crippen molar-refractivity contribution in [2.75, 3.05) is 31.3 Å². The highest BCUT2D eigenvalue weighted by Crippen LogP contribution is 2.09. The van der Waals surface area contributed by atoms with E-state index in [-0.39, 0.29) is 5.56 Å². The summed E-state index contributed by atoms with van der Waals surface area (Å²) in [7, 11) is 0. The van der Waals surface area contributed by atoms with Crippen LogP contribution in [0, 0.1) is 0 Å². The molecule has 0 saturated carbocycles. The Kier molecular flexibility index (Phi) is 2.53. The molecule has 0 aliphatic carbocycles. The maximum atomic E-state index is 12.0. The second kappa shape index (κ2) is 4.18. The second-order valence-corrected chi connectivity index (χ2v) is 3.96. The number of rotatable bonds is 1. The van der Waals surface area contributed by atoms with Crippen LogP contribution in [0.3, 0.4) is 0 Å². The van der Waals surface area contributed by atoms with Crippen LogP contribution in [-0.2, 0) is 4.74 Å². The number of hydrogen-bond donors (Lipinski definition) is 0. The summed E-state index contributed by atoms with van der Waals surface area (Å²) in [5.74, 6) is 0. The second-order valence-electron chi connectivity index (χ2n) is 3.96. The predicted molar refractivity (Wildman–Crippen MR) is 64.8 cm³/mol. The Morgan fingerprint density at radius 1 is 1.18 bits per heavy atom. The van der Waals surface area contributed by atoms with Crippen molar-refractivity contribution in [2.45, 2.75) is 0 Å². The first-order valence-corrected chi connectivity index (χ1v) is 5.66. The standard InChI is InChI=1S/C12H13N3O2/c16-12-9-13-10-3-1-2-4-11(10)15(12)14-5-7-17-8-6-14/h1-4,9H,5-8H2. The molecule has 17 heavy (non-hydrogen) atoms. The molecule has 0 atom stereocenters. The first-order valence-electron chi connectivity index (χ1n) is 5.66. The SMILES string of the molecule is O=c1cnc2ccccc2n1N1CCOCC1. The highest BCUT2D eigenvalue weighted by atomic mass is 16.5. The third-order valence-electron chi connectivity index (χ3n) is 2.90. The first kappa shape index (κ1) is 10.3. The van der Waals surface area contributed by atoms with Gasteiger partial charge in [0.25, 0.3) is 5.56 Å². The van der Waals surface area contributed by atoms with Crippen molar-refractivity contribution in [1.29, 1.82) is 0 Å². The fraction of sp³-hybridized carbons (Fsp3) is 0.333. The maximum Gasteiger partial charge on any atom is 0.288 e. The van der Waals surface area contributed by atoms with Crippen LogP contribution in [0.5, 0.6) is 0 Å². The molecule has 0 N–H and O–H groups in total. The van der Waals surface area contributed by atoms with Crippen molar-refractivity contribution in [3.8, 4) is 0 Å². The topological polar surface area (TPSA) is 47.4 Å². The third-order valence-corrected chi connectivity index (χ3v) is 2.90. The molecule has 1 saturated heterocycles. The summed E-state index contributed by atoms with van der Waals surface area (Å²) in [5, 5.41) is 2.01. The lowest BCUT2D eigenvalue weighted by atomic mass is 10.3. The smallest absolute Gasteiger partial charge is 0.288 e. The van der Waals surface area contributed by atoms with Crippen LogP contribution in [0.4, 0.5) is 0 Å². The van der Waals surface area contributed by atoms with Gasteiger partial charge in [0.2, 0.25) is 0 Å². The number of aromatic nitrogens is 2. The molecule has 0 spiro atoms. The summed E-state index contributed by atoms with van der Waals surface area (Å²) in [6, 6.07) is 7.66. The fourth-order valence-electron chi connectivity index (χ4n) is 2.10. The van der Waals surface area contributed by atoms with Gasteiger partial charge in [0, 0.05) is 0 Å². The van der Waals surface area contributed by atoms with Gasteiger partial charge < -0.3 is 9.75 Å². The van der Waals surface area contributed by atoms with E-state index < -0.39 is 0 Å². The Morgan fingerprint density at radius 3 is 2.76 bits per heavy atom. The van der Waals surface area contributed by atoms with Crippen molar-refractivity contribution in [3.63, 3.8) is 0 Å². The normalized spacial score (nSPS) is 16.4. The minimum absolute atomic E-state index is 0.0920. The van der Waals surface area contributed by atoms with Gasteiger partial charge >= 0.3 is 0 Å². The van der Waals surface area contributed by atoms with Crippen molar-refractivity contribution < 1.29 is 4.74 Å². The van der Waals surface area contributed by atoms with Gasteiger partial charge in [-0.3, -0.25) is 4.79 Å². The van der Waals surface area contributed by atoms with E-state index in [9.17, 15) is 4.79 Å². The average Bonchev–Trinajstić information content (AvgIpc) is 2.39. The van der Waals surface area contributed by atoms with E-state index in [2.05, 4.69) is 4.98 Å². The van der Waals surface area contributed by atoms with E-state index in [4.69, 9.17) is 4.74 Å². The molecule has 1 aliphatic rings. The van der Waals surface area contributed by atoms with Gasteiger partial charge in [0.15, 0.2) is 0 Å². The molecular weight excluding hydrogens is 218 g/mol. The molecule has 0 bridgehead atoms. The molecule has 5 heteroatoms. The van der Waals surface area contributed by atoms with Gasteiger partial charge in [0.1, 0.15) is 0 Å². The molecule has 1 aromatic carbocycles. The van der Waals surface area contributed by atoms with Gasteiger partial charge in [-0.25, -0.2) is 9.66 Å². The fourth-order valence-corrected chi connectivity index (χ4v) is 2.10. The Morgan fingerprint density at radius 2 is 1.94 bits per heavy atom. The van der Waals surface area contributed by atoms with Gasteiger partial charge in [-0.1, -0.05) is 12.1 Å². The number of nitrogens with zero attached hydrogens (tertiary/aromatic N) is 3. The third kappa shape index (κ3) is 1.78. The van der Waals surface area contributed by atoms with Crippen molar-refractivity contribution in [2.24, 2.45) is 0 Å². The summed E-state index contributed by atoms with van der Waals surface area (Å²) in [5.41, 5.74) is 1.59. The summed E-state index contributed by atoms with van der Waals surface area (Å²) in [4.78, 5) is 16.1. The summed E-state index contributed by atoms with van der Waals surface area (Å²) < 4.78 is 7.00. The average molecular weight is 231 g/mol. The summed E-state index contributed by atoms with van der Waals surface area (Å²) >= 11 is 0. The zero-order valence-electron chi connectivity index (χ0n) is 9.37. The molecule has 2 aromatic rings. The van der Waals surface area contributed by atoms with Crippen LogP contribution < -0.4 is 10.6 Å². The van der Waals surface area contributed by atoms with Gasteiger partial charge in [-0.05, 0) is 12.1 Å². The number of benzene rings is 1. The lowest BCUT2D eigenvalue weighted by Gasteiger charge is -2.30. The Bertz CT molecular complexity index is 588. The van der Waals surface area contributed by atoms with Gasteiger partial charge in [-0.15, -0.1) is 0 Å². The molecule has 0 unspecified atom stereocenters. The zero-order valence-corrected chi connectivity index (χ0v) is 9.37. The summed E-state index contributed by atoms with van der Waals surface area (Å²) in [6.07, 6.45) is 1.37. The van der Waals surface area contributed by atoms with E-state index >= 15 is 0 Å². The van der Waals surface area contributed by atoms with Crippen LogP contribution in [0.25, 0.3) is 11.0 Å². The van der Waals surface area contributed by atoms with Crippen LogP contribution >= 0.6 is 0 Å². The molecule has 3 rings (SSSR count). The molecule has 1 aliphatic heterocycles. The van der Waals surface area contributed by atoms with Gasteiger partial charge in [-0.2, -0.15) is 0 Å². The van der Waals surface area contributed by atoms with Gasteiger partial charge in [0.05, 0.1) is 43.5 Å². The van der Waals surface area contributed by atoms with Crippen LogP contribution in [0.2, 0.25) is 0 Å². The van der Waals surface area contributed by atoms with E-state index in [1.807, 2.05) is 29.3 Å². The number of fused-ring (bicyclic) bond motifs is 1. The first-order chi connectivity index (χ1) is 8.36. The van der Waals surface area contributed by atoms with Crippen molar-refractivity contribution in [1.82, 2.24) is 9.66 Å². The maximum absolute atomic E-state index is 12.0. The lowest BCUT2D eigenvalue weighted by Crippen LogP contribution is -2.48. The lowest BCUT2D eigenvalue weighted by molar-refractivity contribution is 0.111. The Labute approximate surface area is 98.2 Å². The van der Waals surface area contributed by atoms with Crippen LogP contribution in [-0.4, -0.2) is 36.0 Å². The number of hydrogen-bond acceptors (Lipinski definition) is 4. The molecule has 0 amide bonds. The molecule has 2 heterocycles. The van der Waals surface area contributed by atoms with Crippen LogP contribution in [0.15, 0.2) is 35.3 Å². The highest BCUT2D eigenvalue weighted by Gasteiger charge is 2.14. The van der Waals surface area contributed by atoms with E-state index in [1.54, 1.807) is 4.68 Å². The van der Waals surface area contributed by atoms with E-state index in [0.717, 1.165) is 24.1 Å². The number of ether oxygens (including phenoxy) is 1. The Hall–Kier alpha value is -1.88.